The third-order valence-electron chi connectivity index (χ3n) is 6.45. The molecule has 2 unspecified atom stereocenters. The number of ether oxygens (including phenoxy) is 1. The second kappa shape index (κ2) is 7.06. The van der Waals surface area contributed by atoms with Crippen LogP contribution in [0, 0.1) is 23.2 Å². The molecule has 5 rings (SSSR count). The number of rotatable bonds is 2. The molecule has 1 aromatic heterocycles. The maximum absolute atomic E-state index is 10.2. The molecular weight excluding hydrogens is 350 g/mol. The molecule has 6 heteroatoms. The summed E-state index contributed by atoms with van der Waals surface area (Å²) in [4.78, 5) is 7.26. The quantitative estimate of drug-likeness (QED) is 0.872. The zero-order chi connectivity index (χ0) is 19.1. The van der Waals surface area contributed by atoms with E-state index in [1.54, 1.807) is 0 Å². The summed E-state index contributed by atoms with van der Waals surface area (Å²) in [5.41, 5.74) is 4.37. The van der Waals surface area contributed by atoms with Crippen molar-refractivity contribution < 1.29 is 4.74 Å². The Morgan fingerprint density at radius 2 is 2.11 bits per heavy atom. The van der Waals surface area contributed by atoms with Crippen molar-refractivity contribution in [2.24, 2.45) is 16.8 Å². The number of aromatic nitrogens is 2. The molecule has 1 aromatic carbocycles. The zero-order valence-corrected chi connectivity index (χ0v) is 16.2. The van der Waals surface area contributed by atoms with E-state index in [4.69, 9.17) is 9.73 Å². The summed E-state index contributed by atoms with van der Waals surface area (Å²) in [6, 6.07) is 8.96. The number of nitrogens with one attached hydrogen (secondary N) is 1. The first-order valence-corrected chi connectivity index (χ1v) is 10.2. The number of aromatic amines is 1. The molecule has 0 bridgehead atoms. The van der Waals surface area contributed by atoms with E-state index >= 15 is 0 Å². The number of nitriles is 1. The van der Waals surface area contributed by atoms with Crippen LogP contribution in [0.4, 0.5) is 5.82 Å². The lowest BCUT2D eigenvalue weighted by molar-refractivity contribution is 0.249. The fraction of sp³-hybridized carbons (Fsp3) is 0.500. The first kappa shape index (κ1) is 17.4. The maximum Gasteiger partial charge on any atom is 0.151 e. The van der Waals surface area contributed by atoms with Gasteiger partial charge < -0.3 is 9.64 Å². The van der Waals surface area contributed by atoms with Crippen LogP contribution in [-0.2, 0) is 6.42 Å². The van der Waals surface area contributed by atoms with Crippen LogP contribution in [-0.4, -0.2) is 47.6 Å². The molecular formula is C22H25N5O. The monoisotopic (exact) mass is 375 g/mol. The van der Waals surface area contributed by atoms with Crippen molar-refractivity contribution in [3.63, 3.8) is 0 Å². The van der Waals surface area contributed by atoms with Gasteiger partial charge in [-0.25, -0.2) is 4.99 Å². The summed E-state index contributed by atoms with van der Waals surface area (Å²) >= 11 is 0. The molecule has 144 valence electrons. The number of aliphatic imine (C=N–C) groups is 1. The second-order valence-electron chi connectivity index (χ2n) is 8.16. The molecule has 0 saturated carbocycles. The minimum Gasteiger partial charge on any atom is -0.493 e. The van der Waals surface area contributed by atoms with Crippen LogP contribution in [0.25, 0.3) is 0 Å². The van der Waals surface area contributed by atoms with Crippen LogP contribution in [0.15, 0.2) is 29.4 Å². The molecule has 1 N–H and O–H groups in total. The van der Waals surface area contributed by atoms with E-state index in [2.05, 4.69) is 46.4 Å². The van der Waals surface area contributed by atoms with Crippen LogP contribution in [0.5, 0.6) is 5.75 Å². The van der Waals surface area contributed by atoms with Gasteiger partial charge in [0.1, 0.15) is 5.75 Å². The molecule has 6 nitrogen and oxygen atoms in total. The maximum atomic E-state index is 10.2. The summed E-state index contributed by atoms with van der Waals surface area (Å²) in [6.07, 6.45) is 6.00. The molecule has 1 fully saturated rings. The highest BCUT2D eigenvalue weighted by Crippen LogP contribution is 2.47. The zero-order valence-electron chi connectivity index (χ0n) is 16.2. The molecule has 0 spiro atoms. The average Bonchev–Trinajstić information content (AvgIpc) is 3.21. The number of likely N-dealkylation sites (tertiary alicyclic amines) is 1. The standard InChI is InChI=1S/C22H25N5O/c1-27-9-7-14(8-10-27)20-17(12-23)19(18-13-24-26-22(18)25-20)16-6-2-4-15-5-3-11-28-21(15)16/h2,4,6,13-14,17,19H,3,5,7-11H2,1H3,(H,24,26). The summed E-state index contributed by atoms with van der Waals surface area (Å²) in [5, 5.41) is 17.6. The van der Waals surface area contributed by atoms with Crippen LogP contribution in [0.3, 0.4) is 0 Å². The third kappa shape index (κ3) is 2.82. The van der Waals surface area contributed by atoms with Crippen LogP contribution >= 0.6 is 0 Å². The Labute approximate surface area is 165 Å². The second-order valence-corrected chi connectivity index (χ2v) is 8.16. The lowest BCUT2D eigenvalue weighted by Crippen LogP contribution is -2.38. The number of hydrogen-bond acceptors (Lipinski definition) is 5. The number of H-pyrrole nitrogens is 1. The van der Waals surface area contributed by atoms with E-state index < -0.39 is 0 Å². The fourth-order valence-electron chi connectivity index (χ4n) is 4.95. The Kier molecular flexibility index (Phi) is 4.40. The van der Waals surface area contributed by atoms with Gasteiger partial charge in [-0.05, 0) is 51.4 Å². The highest BCUT2D eigenvalue weighted by molar-refractivity contribution is 5.96. The lowest BCUT2D eigenvalue weighted by atomic mass is 9.72. The van der Waals surface area contributed by atoms with Crippen molar-refractivity contribution in [3.8, 4) is 11.8 Å². The average molecular weight is 375 g/mol. The van der Waals surface area contributed by atoms with Gasteiger partial charge in [0.15, 0.2) is 5.82 Å². The Hall–Kier alpha value is -2.65. The topological polar surface area (TPSA) is 77.3 Å². The molecule has 3 aliphatic heterocycles. The highest BCUT2D eigenvalue weighted by Gasteiger charge is 2.41. The molecule has 0 radical (unpaired) electrons. The number of nitrogens with zero attached hydrogens (tertiary/aromatic N) is 4. The van der Waals surface area contributed by atoms with Crippen molar-refractivity contribution in [2.75, 3.05) is 26.7 Å². The van der Waals surface area contributed by atoms with Gasteiger partial charge in [0.05, 0.1) is 24.8 Å². The van der Waals surface area contributed by atoms with E-state index in [1.165, 1.54) is 5.56 Å². The smallest absolute Gasteiger partial charge is 0.151 e. The van der Waals surface area contributed by atoms with E-state index in [-0.39, 0.29) is 11.8 Å². The molecule has 2 atom stereocenters. The first-order valence-electron chi connectivity index (χ1n) is 10.2. The number of piperidine rings is 1. The predicted molar refractivity (Wildman–Crippen MR) is 107 cm³/mol. The van der Waals surface area contributed by atoms with Crippen LogP contribution in [0.1, 0.15) is 41.9 Å². The van der Waals surface area contributed by atoms with Gasteiger partial charge in [0, 0.05) is 28.7 Å². The van der Waals surface area contributed by atoms with Gasteiger partial charge in [-0.2, -0.15) is 10.4 Å². The van der Waals surface area contributed by atoms with Gasteiger partial charge in [0.2, 0.25) is 0 Å². The van der Waals surface area contributed by atoms with E-state index in [1.807, 2.05) is 6.20 Å². The Morgan fingerprint density at radius 1 is 1.25 bits per heavy atom. The van der Waals surface area contributed by atoms with E-state index in [0.29, 0.717) is 5.92 Å². The fourth-order valence-corrected chi connectivity index (χ4v) is 4.95. The van der Waals surface area contributed by atoms with Gasteiger partial charge in [-0.1, -0.05) is 18.2 Å². The van der Waals surface area contributed by atoms with Crippen molar-refractivity contribution in [2.45, 2.75) is 31.6 Å². The molecule has 0 amide bonds. The van der Waals surface area contributed by atoms with Crippen molar-refractivity contribution in [3.05, 3.63) is 41.1 Å². The predicted octanol–water partition coefficient (Wildman–Crippen LogP) is 3.43. The SMILES string of the molecule is CN1CCC(C2=Nc3[nH]ncc3C(c3cccc4c3OCCC4)C2C#N)CC1. The first-order chi connectivity index (χ1) is 13.8. The molecule has 4 heterocycles. The normalized spacial score (nSPS) is 25.2. The Bertz CT molecular complexity index is 948. The lowest BCUT2D eigenvalue weighted by Gasteiger charge is -2.36. The minimum atomic E-state index is -0.282. The summed E-state index contributed by atoms with van der Waals surface area (Å²) < 4.78 is 6.10. The van der Waals surface area contributed by atoms with Crippen molar-refractivity contribution in [1.82, 2.24) is 15.1 Å². The molecule has 1 saturated heterocycles. The van der Waals surface area contributed by atoms with Gasteiger partial charge in [-0.3, -0.25) is 5.10 Å². The third-order valence-corrected chi connectivity index (χ3v) is 6.45. The molecule has 28 heavy (non-hydrogen) atoms. The number of aryl methyl sites for hydroxylation is 1. The molecule has 0 aliphatic carbocycles. The van der Waals surface area contributed by atoms with Crippen molar-refractivity contribution >= 4 is 11.5 Å². The van der Waals surface area contributed by atoms with Gasteiger partial charge >= 0.3 is 0 Å². The number of hydrogen-bond donors (Lipinski definition) is 1. The van der Waals surface area contributed by atoms with Gasteiger partial charge in [0.25, 0.3) is 0 Å². The van der Waals surface area contributed by atoms with Crippen molar-refractivity contribution in [1.29, 1.82) is 5.26 Å². The highest BCUT2D eigenvalue weighted by atomic mass is 16.5. The van der Waals surface area contributed by atoms with Gasteiger partial charge in [-0.15, -0.1) is 0 Å². The molecule has 2 aromatic rings. The largest absolute Gasteiger partial charge is 0.493 e. The number of para-hydroxylation sites is 1. The minimum absolute atomic E-state index is 0.0843. The summed E-state index contributed by atoms with van der Waals surface area (Å²) in [5.74, 6) is 1.75. The summed E-state index contributed by atoms with van der Waals surface area (Å²) in [7, 11) is 2.16. The number of fused-ring (bicyclic) bond motifs is 2. The van der Waals surface area contributed by atoms with Crippen LogP contribution in [0.2, 0.25) is 0 Å². The summed E-state index contributed by atoms with van der Waals surface area (Å²) in [6.45, 7) is 2.83. The van der Waals surface area contributed by atoms with E-state index in [9.17, 15) is 5.26 Å². The van der Waals surface area contributed by atoms with E-state index in [0.717, 1.165) is 73.8 Å². The molecule has 3 aliphatic rings. The Morgan fingerprint density at radius 3 is 2.93 bits per heavy atom. The van der Waals surface area contributed by atoms with Crippen LogP contribution < -0.4 is 4.74 Å². The Balaban J connectivity index is 1.61. The number of benzene rings is 1.